The number of aromatic amines is 1. The quantitative estimate of drug-likeness (QED) is 0.617. The molecule has 3 rings (SSSR count). The van der Waals surface area contributed by atoms with Crippen molar-refractivity contribution < 1.29 is 5.11 Å². The molecule has 0 fully saturated rings. The normalized spacial score (nSPS) is 10.7. The maximum atomic E-state index is 12.1. The van der Waals surface area contributed by atoms with Gasteiger partial charge in [0, 0.05) is 0 Å². The molecule has 5 heteroatoms. The zero-order valence-corrected chi connectivity index (χ0v) is 9.92. The molecule has 0 aliphatic rings. The summed E-state index contributed by atoms with van der Waals surface area (Å²) in [6, 6.07) is 12.2. The number of nitrogens with zero attached hydrogens (tertiary/aromatic N) is 1. The van der Waals surface area contributed by atoms with Crippen LogP contribution >= 0.6 is 0 Å². The average Bonchev–Trinajstić information content (AvgIpc) is 2.39. The first-order valence-corrected chi connectivity index (χ1v) is 5.73. The molecular formula is C14H11N3O2. The Morgan fingerprint density at radius 3 is 2.58 bits per heavy atom. The number of pyridine rings is 2. The summed E-state index contributed by atoms with van der Waals surface area (Å²) in [6.07, 6.45) is 0. The molecule has 3 aromatic rings. The molecule has 0 aliphatic carbocycles. The van der Waals surface area contributed by atoms with Gasteiger partial charge in [-0.25, -0.2) is 4.98 Å². The molecule has 94 valence electrons. The summed E-state index contributed by atoms with van der Waals surface area (Å²) < 4.78 is 0. The maximum absolute atomic E-state index is 12.1. The van der Waals surface area contributed by atoms with Crippen LogP contribution < -0.4 is 11.3 Å². The van der Waals surface area contributed by atoms with Crippen molar-refractivity contribution in [3.63, 3.8) is 0 Å². The van der Waals surface area contributed by atoms with Gasteiger partial charge in [0.25, 0.3) is 5.56 Å². The van der Waals surface area contributed by atoms with Crippen molar-refractivity contribution in [2.75, 3.05) is 5.73 Å². The molecule has 0 saturated carbocycles. The number of fused-ring (bicyclic) bond motifs is 1. The molecular weight excluding hydrogens is 242 g/mol. The molecule has 1 aromatic carbocycles. The topological polar surface area (TPSA) is 92.0 Å². The summed E-state index contributed by atoms with van der Waals surface area (Å²) in [5.41, 5.74) is 6.33. The Bertz CT molecular complexity index is 810. The minimum absolute atomic E-state index is 0.0857. The zero-order valence-electron chi connectivity index (χ0n) is 9.92. The van der Waals surface area contributed by atoms with Gasteiger partial charge in [-0.1, -0.05) is 30.3 Å². The number of nitrogens with two attached hydrogens (primary N) is 1. The molecule has 4 N–H and O–H groups in total. The smallest absolute Gasteiger partial charge is 0.261 e. The van der Waals surface area contributed by atoms with E-state index in [9.17, 15) is 9.90 Å². The van der Waals surface area contributed by atoms with Crippen LogP contribution in [0.4, 0.5) is 5.82 Å². The van der Waals surface area contributed by atoms with E-state index in [0.717, 1.165) is 0 Å². The first-order valence-electron chi connectivity index (χ1n) is 5.73. The number of hydrogen-bond acceptors (Lipinski definition) is 4. The highest BCUT2D eigenvalue weighted by molar-refractivity contribution is 5.90. The number of hydrogen-bond donors (Lipinski definition) is 3. The van der Waals surface area contributed by atoms with E-state index in [2.05, 4.69) is 9.97 Å². The van der Waals surface area contributed by atoms with E-state index in [1.54, 1.807) is 36.4 Å². The Balaban J connectivity index is 2.39. The highest BCUT2D eigenvalue weighted by Gasteiger charge is 2.14. The van der Waals surface area contributed by atoms with Crippen LogP contribution in [0.25, 0.3) is 22.2 Å². The van der Waals surface area contributed by atoms with Gasteiger partial charge < -0.3 is 15.8 Å². The van der Waals surface area contributed by atoms with Crippen LogP contribution in [0.1, 0.15) is 0 Å². The molecule has 19 heavy (non-hydrogen) atoms. The molecule has 5 nitrogen and oxygen atoms in total. The van der Waals surface area contributed by atoms with E-state index < -0.39 is 5.56 Å². The van der Waals surface area contributed by atoms with Gasteiger partial charge in [0.2, 0.25) is 0 Å². The second kappa shape index (κ2) is 4.13. The number of aromatic hydroxyl groups is 1. The number of nitrogen functional groups attached to an aromatic ring is 1. The Morgan fingerprint density at radius 2 is 1.84 bits per heavy atom. The lowest BCUT2D eigenvalue weighted by molar-refractivity contribution is 0.482. The third kappa shape index (κ3) is 1.81. The maximum Gasteiger partial charge on any atom is 0.261 e. The second-order valence-electron chi connectivity index (χ2n) is 4.18. The highest BCUT2D eigenvalue weighted by Crippen LogP contribution is 2.31. The van der Waals surface area contributed by atoms with Gasteiger partial charge in [-0.3, -0.25) is 4.79 Å². The molecule has 0 atom stereocenters. The minimum Gasteiger partial charge on any atom is -0.506 e. The van der Waals surface area contributed by atoms with E-state index >= 15 is 0 Å². The van der Waals surface area contributed by atoms with Crippen LogP contribution in [0.3, 0.4) is 0 Å². The fourth-order valence-corrected chi connectivity index (χ4v) is 2.05. The fourth-order valence-electron chi connectivity index (χ4n) is 2.05. The van der Waals surface area contributed by atoms with Crippen molar-refractivity contribution in [2.45, 2.75) is 0 Å². The van der Waals surface area contributed by atoms with Gasteiger partial charge in [-0.2, -0.15) is 0 Å². The van der Waals surface area contributed by atoms with E-state index in [4.69, 9.17) is 5.73 Å². The van der Waals surface area contributed by atoms with E-state index in [0.29, 0.717) is 10.9 Å². The van der Waals surface area contributed by atoms with Gasteiger partial charge in [0.05, 0.1) is 10.9 Å². The van der Waals surface area contributed by atoms with Gasteiger partial charge in [0.15, 0.2) is 0 Å². The molecule has 0 unspecified atom stereocenters. The van der Waals surface area contributed by atoms with Crippen LogP contribution in [-0.2, 0) is 0 Å². The van der Waals surface area contributed by atoms with Crippen LogP contribution in [0.5, 0.6) is 5.75 Å². The van der Waals surface area contributed by atoms with Crippen LogP contribution in [-0.4, -0.2) is 15.1 Å². The third-order valence-electron chi connectivity index (χ3n) is 2.93. The van der Waals surface area contributed by atoms with Gasteiger partial charge in [-0.15, -0.1) is 0 Å². The molecule has 0 spiro atoms. The van der Waals surface area contributed by atoms with E-state index in [-0.39, 0.29) is 22.8 Å². The lowest BCUT2D eigenvalue weighted by Gasteiger charge is -2.07. The lowest BCUT2D eigenvalue weighted by Crippen LogP contribution is -2.10. The number of anilines is 1. The number of aromatic nitrogens is 2. The summed E-state index contributed by atoms with van der Waals surface area (Å²) in [5, 5.41) is 10.7. The summed E-state index contributed by atoms with van der Waals surface area (Å²) in [6.45, 7) is 0. The summed E-state index contributed by atoms with van der Waals surface area (Å²) >= 11 is 0. The number of nitrogens with one attached hydrogen (secondary N) is 1. The number of H-pyrrole nitrogens is 1. The largest absolute Gasteiger partial charge is 0.506 e. The SMILES string of the molecule is Nc1ccc2c(O)c(-c3ccccc3)c(=O)[nH]c2n1. The summed E-state index contributed by atoms with van der Waals surface area (Å²) in [5.74, 6) is 0.201. The predicted octanol–water partition coefficient (Wildman–Crippen LogP) is 1.88. The van der Waals surface area contributed by atoms with E-state index in [1.807, 2.05) is 6.07 Å². The van der Waals surface area contributed by atoms with Crippen LogP contribution in [0, 0.1) is 0 Å². The lowest BCUT2D eigenvalue weighted by atomic mass is 10.0. The summed E-state index contributed by atoms with van der Waals surface area (Å²) in [7, 11) is 0. The standard InChI is InChI=1S/C14H11N3O2/c15-10-7-6-9-12(18)11(8-4-2-1-3-5-8)14(19)17-13(9)16-10/h1-7H,(H4,15,16,17,18,19). The molecule has 2 aromatic heterocycles. The Kier molecular flexibility index (Phi) is 2.45. The molecule has 0 bridgehead atoms. The molecule has 0 radical (unpaired) electrons. The van der Waals surface area contributed by atoms with Crippen molar-refractivity contribution in [2.24, 2.45) is 0 Å². The monoisotopic (exact) mass is 253 g/mol. The molecule has 0 amide bonds. The summed E-state index contributed by atoms with van der Waals surface area (Å²) in [4.78, 5) is 18.7. The average molecular weight is 253 g/mol. The molecule has 2 heterocycles. The Labute approximate surface area is 108 Å². The molecule has 0 aliphatic heterocycles. The van der Waals surface area contributed by atoms with Gasteiger partial charge in [0.1, 0.15) is 17.2 Å². The minimum atomic E-state index is -0.394. The van der Waals surface area contributed by atoms with E-state index in [1.165, 1.54) is 0 Å². The first kappa shape index (κ1) is 11.3. The van der Waals surface area contributed by atoms with Crippen molar-refractivity contribution in [1.29, 1.82) is 0 Å². The van der Waals surface area contributed by atoms with Crippen molar-refractivity contribution in [1.82, 2.24) is 9.97 Å². The second-order valence-corrected chi connectivity index (χ2v) is 4.18. The van der Waals surface area contributed by atoms with Crippen molar-refractivity contribution in [3.05, 3.63) is 52.8 Å². The van der Waals surface area contributed by atoms with Crippen LogP contribution in [0.2, 0.25) is 0 Å². The van der Waals surface area contributed by atoms with Crippen molar-refractivity contribution >= 4 is 16.9 Å². The number of rotatable bonds is 1. The predicted molar refractivity (Wildman–Crippen MR) is 73.9 cm³/mol. The Morgan fingerprint density at radius 1 is 1.11 bits per heavy atom. The fraction of sp³-hybridized carbons (Fsp3) is 0. The first-order chi connectivity index (χ1) is 9.16. The van der Waals surface area contributed by atoms with Gasteiger partial charge >= 0.3 is 0 Å². The van der Waals surface area contributed by atoms with Crippen molar-refractivity contribution in [3.8, 4) is 16.9 Å². The number of benzene rings is 1. The Hall–Kier alpha value is -2.82. The zero-order chi connectivity index (χ0) is 13.4. The molecule has 0 saturated heterocycles. The van der Waals surface area contributed by atoms with Gasteiger partial charge in [-0.05, 0) is 17.7 Å². The third-order valence-corrected chi connectivity index (χ3v) is 2.93. The highest BCUT2D eigenvalue weighted by atomic mass is 16.3. The van der Waals surface area contributed by atoms with Crippen LogP contribution in [0.15, 0.2) is 47.3 Å².